The Morgan fingerprint density at radius 1 is 1.10 bits per heavy atom. The summed E-state index contributed by atoms with van der Waals surface area (Å²) in [6.45, 7) is 3.57. The van der Waals surface area contributed by atoms with Gasteiger partial charge in [-0.05, 0) is 49.2 Å². The molecule has 6 nitrogen and oxygen atoms in total. The Balaban J connectivity index is 1.85. The summed E-state index contributed by atoms with van der Waals surface area (Å²) in [4.78, 5) is 25.8. The van der Waals surface area contributed by atoms with Gasteiger partial charge in [-0.15, -0.1) is 0 Å². The number of likely N-dealkylation sites (N-methyl/N-ethyl adjacent to an activating group) is 1. The topological polar surface area (TPSA) is 65.1 Å². The van der Waals surface area contributed by atoms with E-state index >= 15 is 0 Å². The van der Waals surface area contributed by atoms with Gasteiger partial charge in [-0.25, -0.2) is 9.18 Å². The number of hydrogen-bond donors (Lipinski definition) is 0. The first-order chi connectivity index (χ1) is 14.5. The molecule has 2 aromatic carbocycles. The quantitative estimate of drug-likeness (QED) is 0.552. The maximum atomic E-state index is 13.3. The van der Waals surface area contributed by atoms with E-state index in [0.717, 1.165) is 5.56 Å². The van der Waals surface area contributed by atoms with Crippen LogP contribution >= 0.6 is 0 Å². The normalized spacial score (nSPS) is 10.7. The molecule has 0 radical (unpaired) electrons. The lowest BCUT2D eigenvalue weighted by Crippen LogP contribution is -2.34. The molecule has 0 atom stereocenters. The van der Waals surface area contributed by atoms with Crippen molar-refractivity contribution in [3.63, 3.8) is 0 Å². The minimum absolute atomic E-state index is 0.233. The third kappa shape index (κ3) is 6.92. The number of hydrogen-bond acceptors (Lipinski definition) is 5. The number of nitrogens with zero attached hydrogens (tertiary/aromatic N) is 1. The number of amides is 1. The van der Waals surface area contributed by atoms with Crippen LogP contribution in [0.4, 0.5) is 4.39 Å². The number of allylic oxidation sites excluding steroid dienone is 1. The number of benzene rings is 2. The SMILES string of the molecule is C/C=C/c1ccc(OCC(=O)OCC(=O)N(CC)Cc2cccc(F)c2)c(OC)c1. The van der Waals surface area contributed by atoms with E-state index in [0.29, 0.717) is 23.6 Å². The molecule has 0 aliphatic carbocycles. The van der Waals surface area contributed by atoms with Crippen LogP contribution in [0.15, 0.2) is 48.5 Å². The molecule has 160 valence electrons. The van der Waals surface area contributed by atoms with Gasteiger partial charge >= 0.3 is 5.97 Å². The van der Waals surface area contributed by atoms with Gasteiger partial charge in [-0.1, -0.05) is 30.4 Å². The van der Waals surface area contributed by atoms with Gasteiger partial charge in [0.2, 0.25) is 0 Å². The van der Waals surface area contributed by atoms with Gasteiger partial charge in [0, 0.05) is 13.1 Å². The maximum Gasteiger partial charge on any atom is 0.344 e. The van der Waals surface area contributed by atoms with E-state index in [1.165, 1.54) is 24.1 Å². The fourth-order valence-corrected chi connectivity index (χ4v) is 2.74. The molecule has 0 aliphatic rings. The second-order valence-electron chi connectivity index (χ2n) is 6.40. The van der Waals surface area contributed by atoms with Gasteiger partial charge in [0.1, 0.15) is 5.82 Å². The molecule has 30 heavy (non-hydrogen) atoms. The number of rotatable bonds is 10. The maximum absolute atomic E-state index is 13.3. The third-order valence-corrected chi connectivity index (χ3v) is 4.25. The van der Waals surface area contributed by atoms with Gasteiger partial charge in [-0.3, -0.25) is 4.79 Å². The minimum Gasteiger partial charge on any atom is -0.493 e. The van der Waals surface area contributed by atoms with Crippen molar-refractivity contribution in [2.24, 2.45) is 0 Å². The summed E-state index contributed by atoms with van der Waals surface area (Å²) in [7, 11) is 1.51. The van der Waals surface area contributed by atoms with E-state index in [4.69, 9.17) is 14.2 Å². The average Bonchev–Trinajstić information content (AvgIpc) is 2.75. The first kappa shape index (κ1) is 22.9. The number of carbonyl (C=O) groups excluding carboxylic acids is 2. The Morgan fingerprint density at radius 2 is 1.90 bits per heavy atom. The summed E-state index contributed by atoms with van der Waals surface area (Å²) in [6.07, 6.45) is 3.81. The van der Waals surface area contributed by atoms with Crippen LogP contribution in [0.5, 0.6) is 11.5 Å². The van der Waals surface area contributed by atoms with E-state index in [-0.39, 0.29) is 24.9 Å². The molecule has 0 saturated carbocycles. The Bertz CT molecular complexity index is 897. The fraction of sp³-hybridized carbons (Fsp3) is 0.304. The zero-order chi connectivity index (χ0) is 21.9. The number of carbonyl (C=O) groups is 2. The van der Waals surface area contributed by atoms with Gasteiger partial charge < -0.3 is 19.1 Å². The smallest absolute Gasteiger partial charge is 0.344 e. The standard InChI is InChI=1S/C23H26FNO5/c1-4-7-17-10-11-20(21(13-17)28-3)29-16-23(27)30-15-22(26)25(5-2)14-18-8-6-9-19(24)12-18/h4,6-13H,5,14-16H2,1-3H3/b7-4+. The second-order valence-corrected chi connectivity index (χ2v) is 6.40. The first-order valence-corrected chi connectivity index (χ1v) is 9.58. The average molecular weight is 415 g/mol. The van der Waals surface area contributed by atoms with Gasteiger partial charge in [-0.2, -0.15) is 0 Å². The Hall–Kier alpha value is -3.35. The number of methoxy groups -OCH3 is 1. The van der Waals surface area contributed by atoms with Crippen molar-refractivity contribution in [3.8, 4) is 11.5 Å². The van der Waals surface area contributed by atoms with E-state index in [1.54, 1.807) is 31.2 Å². The molecule has 0 fully saturated rings. The van der Waals surface area contributed by atoms with Crippen molar-refractivity contribution >= 4 is 18.0 Å². The number of esters is 1. The van der Waals surface area contributed by atoms with Crippen LogP contribution in [0, 0.1) is 5.82 Å². The minimum atomic E-state index is -0.676. The van der Waals surface area contributed by atoms with Gasteiger partial charge in [0.25, 0.3) is 5.91 Å². The highest BCUT2D eigenvalue weighted by atomic mass is 19.1. The van der Waals surface area contributed by atoms with Crippen LogP contribution in [-0.4, -0.2) is 43.6 Å². The van der Waals surface area contributed by atoms with Crippen molar-refractivity contribution in [1.29, 1.82) is 0 Å². The number of halogens is 1. The Morgan fingerprint density at radius 3 is 2.57 bits per heavy atom. The van der Waals surface area contributed by atoms with E-state index in [2.05, 4.69) is 0 Å². The fourth-order valence-electron chi connectivity index (χ4n) is 2.74. The number of ether oxygens (including phenoxy) is 3. The lowest BCUT2D eigenvalue weighted by molar-refractivity contribution is -0.153. The van der Waals surface area contributed by atoms with Crippen LogP contribution < -0.4 is 9.47 Å². The summed E-state index contributed by atoms with van der Waals surface area (Å²) < 4.78 is 29.1. The molecule has 0 aromatic heterocycles. The lowest BCUT2D eigenvalue weighted by atomic mass is 10.2. The molecular weight excluding hydrogens is 389 g/mol. The molecule has 2 rings (SSSR count). The predicted octanol–water partition coefficient (Wildman–Crippen LogP) is 3.84. The monoisotopic (exact) mass is 415 g/mol. The molecule has 7 heteroatoms. The zero-order valence-corrected chi connectivity index (χ0v) is 17.4. The van der Waals surface area contributed by atoms with Crippen molar-refractivity contribution in [3.05, 3.63) is 65.5 Å². The van der Waals surface area contributed by atoms with Crippen LogP contribution in [0.1, 0.15) is 25.0 Å². The first-order valence-electron chi connectivity index (χ1n) is 9.58. The van der Waals surface area contributed by atoms with Crippen molar-refractivity contribution in [2.75, 3.05) is 26.9 Å². The summed E-state index contributed by atoms with van der Waals surface area (Å²) in [5.41, 5.74) is 1.60. The zero-order valence-electron chi connectivity index (χ0n) is 17.4. The van der Waals surface area contributed by atoms with E-state index < -0.39 is 12.6 Å². The summed E-state index contributed by atoms with van der Waals surface area (Å²) in [5.74, 6) is -0.529. The molecule has 0 heterocycles. The Labute approximate surface area is 175 Å². The van der Waals surface area contributed by atoms with E-state index in [1.807, 2.05) is 25.1 Å². The summed E-state index contributed by atoms with van der Waals surface area (Å²) in [6, 6.07) is 11.3. The summed E-state index contributed by atoms with van der Waals surface area (Å²) in [5, 5.41) is 0. The Kier molecular flexibility index (Phi) is 8.87. The molecule has 0 aliphatic heterocycles. The molecule has 1 amide bonds. The highest BCUT2D eigenvalue weighted by molar-refractivity contribution is 5.81. The van der Waals surface area contributed by atoms with Gasteiger partial charge in [0.15, 0.2) is 24.7 Å². The molecular formula is C23H26FNO5. The van der Waals surface area contributed by atoms with Crippen LogP contribution in [-0.2, 0) is 20.9 Å². The van der Waals surface area contributed by atoms with Crippen molar-refractivity contribution in [2.45, 2.75) is 20.4 Å². The lowest BCUT2D eigenvalue weighted by Gasteiger charge is -2.21. The molecule has 0 saturated heterocycles. The second kappa shape index (κ2) is 11.6. The molecule has 0 unspecified atom stereocenters. The van der Waals surface area contributed by atoms with Crippen molar-refractivity contribution < 1.29 is 28.2 Å². The highest BCUT2D eigenvalue weighted by Gasteiger charge is 2.16. The highest BCUT2D eigenvalue weighted by Crippen LogP contribution is 2.28. The van der Waals surface area contributed by atoms with Crippen molar-refractivity contribution in [1.82, 2.24) is 4.90 Å². The molecule has 0 spiro atoms. The largest absolute Gasteiger partial charge is 0.493 e. The molecule has 2 aromatic rings. The third-order valence-electron chi connectivity index (χ3n) is 4.25. The predicted molar refractivity (Wildman–Crippen MR) is 112 cm³/mol. The molecule has 0 bridgehead atoms. The van der Waals surface area contributed by atoms with E-state index in [9.17, 15) is 14.0 Å². The van der Waals surface area contributed by atoms with Crippen LogP contribution in [0.2, 0.25) is 0 Å². The van der Waals surface area contributed by atoms with Crippen LogP contribution in [0.25, 0.3) is 6.08 Å². The molecule has 0 N–H and O–H groups in total. The summed E-state index contributed by atoms with van der Waals surface area (Å²) >= 11 is 0. The van der Waals surface area contributed by atoms with Gasteiger partial charge in [0.05, 0.1) is 7.11 Å². The van der Waals surface area contributed by atoms with Crippen LogP contribution in [0.3, 0.4) is 0 Å².